The Balaban J connectivity index is 1.94. The molecule has 2 aromatic carbocycles. The summed E-state index contributed by atoms with van der Waals surface area (Å²) in [5.74, 6) is -2.02. The molecule has 0 bridgehead atoms. The maximum Gasteiger partial charge on any atom is 0.311 e. The van der Waals surface area contributed by atoms with Crippen molar-refractivity contribution in [2.75, 3.05) is 0 Å². The van der Waals surface area contributed by atoms with E-state index < -0.39 is 11.9 Å². The zero-order chi connectivity index (χ0) is 15.5. The van der Waals surface area contributed by atoms with Crippen molar-refractivity contribution in [1.29, 1.82) is 0 Å². The molecular formula is C18H15NO3. The Morgan fingerprint density at radius 3 is 2.41 bits per heavy atom. The van der Waals surface area contributed by atoms with Crippen LogP contribution in [0.5, 0.6) is 0 Å². The molecule has 1 aromatic heterocycles. The smallest absolute Gasteiger partial charge is 0.311 e. The Morgan fingerprint density at radius 2 is 1.68 bits per heavy atom. The minimum absolute atomic E-state index is 0.0544. The predicted octanol–water partition coefficient (Wildman–Crippen LogP) is 3.61. The van der Waals surface area contributed by atoms with Gasteiger partial charge in [0.2, 0.25) is 0 Å². The normalized spacial score (nSPS) is 12.2. The van der Waals surface area contributed by atoms with Crippen LogP contribution in [0.15, 0.2) is 60.8 Å². The lowest BCUT2D eigenvalue weighted by Gasteiger charge is -2.11. The number of carbonyl (C=O) groups is 2. The van der Waals surface area contributed by atoms with Gasteiger partial charge in [-0.1, -0.05) is 48.5 Å². The van der Waals surface area contributed by atoms with Crippen LogP contribution >= 0.6 is 0 Å². The van der Waals surface area contributed by atoms with Gasteiger partial charge in [-0.2, -0.15) is 0 Å². The summed E-state index contributed by atoms with van der Waals surface area (Å²) in [6.07, 6.45) is 1.63. The molecule has 0 fully saturated rings. The summed E-state index contributed by atoms with van der Waals surface area (Å²) in [5.41, 5.74) is 2.05. The van der Waals surface area contributed by atoms with Crippen LogP contribution in [-0.4, -0.2) is 21.8 Å². The summed E-state index contributed by atoms with van der Waals surface area (Å²) in [6.45, 7) is 0. The fourth-order valence-electron chi connectivity index (χ4n) is 2.64. The highest BCUT2D eigenvalue weighted by Gasteiger charge is 2.26. The van der Waals surface area contributed by atoms with Crippen molar-refractivity contribution in [3.63, 3.8) is 0 Å². The Morgan fingerprint density at radius 1 is 1.00 bits per heavy atom. The molecule has 2 N–H and O–H groups in total. The molecule has 0 spiro atoms. The van der Waals surface area contributed by atoms with E-state index in [1.54, 1.807) is 30.5 Å². The molecule has 1 heterocycles. The molecule has 22 heavy (non-hydrogen) atoms. The molecule has 0 saturated carbocycles. The first-order valence-electron chi connectivity index (χ1n) is 7.04. The number of aromatic nitrogens is 1. The van der Waals surface area contributed by atoms with Crippen LogP contribution < -0.4 is 0 Å². The van der Waals surface area contributed by atoms with Gasteiger partial charge in [0.1, 0.15) is 0 Å². The van der Waals surface area contributed by atoms with E-state index in [9.17, 15) is 14.7 Å². The highest BCUT2D eigenvalue weighted by molar-refractivity contribution is 6.00. The predicted molar refractivity (Wildman–Crippen MR) is 84.1 cm³/mol. The standard InChI is InChI=1S/C18H15NO3/c20-17(12-6-2-1-3-7-12)10-14(18(21)22)15-11-19-16-9-5-4-8-13(15)16/h1-9,11,14,19H,10H2,(H,21,22)/t14-/m1/s1. The van der Waals surface area contributed by atoms with Gasteiger partial charge < -0.3 is 10.1 Å². The van der Waals surface area contributed by atoms with Gasteiger partial charge >= 0.3 is 5.97 Å². The van der Waals surface area contributed by atoms with Gasteiger partial charge in [-0.05, 0) is 11.6 Å². The number of H-pyrrole nitrogens is 1. The average Bonchev–Trinajstić information content (AvgIpc) is 2.96. The summed E-state index contributed by atoms with van der Waals surface area (Å²) in [5, 5.41) is 10.4. The average molecular weight is 293 g/mol. The second-order valence-electron chi connectivity index (χ2n) is 5.17. The molecule has 0 aliphatic heterocycles. The summed E-state index contributed by atoms with van der Waals surface area (Å²) in [4.78, 5) is 27.0. The molecule has 110 valence electrons. The van der Waals surface area contributed by atoms with E-state index in [-0.39, 0.29) is 12.2 Å². The number of rotatable bonds is 5. The van der Waals surface area contributed by atoms with Crippen molar-refractivity contribution >= 4 is 22.7 Å². The SMILES string of the molecule is O=C(C[C@@H](C(=O)O)c1c[nH]c2ccccc12)c1ccccc1. The first kappa shape index (κ1) is 14.1. The molecule has 3 rings (SSSR count). The fraction of sp³-hybridized carbons (Fsp3) is 0.111. The number of Topliss-reactive ketones (excluding diaryl/α,β-unsaturated/α-hetero) is 1. The number of aliphatic carboxylic acids is 1. The van der Waals surface area contributed by atoms with E-state index >= 15 is 0 Å². The number of carboxylic acid groups (broad SMARTS) is 1. The van der Waals surface area contributed by atoms with Crippen LogP contribution in [0.25, 0.3) is 10.9 Å². The third-order valence-electron chi connectivity index (χ3n) is 3.78. The Kier molecular flexibility index (Phi) is 3.74. The van der Waals surface area contributed by atoms with Crippen LogP contribution in [0, 0.1) is 0 Å². The number of hydrogen-bond donors (Lipinski definition) is 2. The van der Waals surface area contributed by atoms with E-state index in [1.165, 1.54) is 0 Å². The molecule has 0 aliphatic carbocycles. The van der Waals surface area contributed by atoms with Gasteiger partial charge in [0.15, 0.2) is 5.78 Å². The molecule has 0 unspecified atom stereocenters. The van der Waals surface area contributed by atoms with Crippen molar-refractivity contribution in [2.45, 2.75) is 12.3 Å². The lowest BCUT2D eigenvalue weighted by molar-refractivity contribution is -0.138. The number of carbonyl (C=O) groups excluding carboxylic acids is 1. The number of hydrogen-bond acceptors (Lipinski definition) is 2. The second kappa shape index (κ2) is 5.85. The van der Waals surface area contributed by atoms with E-state index in [0.29, 0.717) is 11.1 Å². The van der Waals surface area contributed by atoms with Crippen LogP contribution in [0.3, 0.4) is 0 Å². The summed E-state index contributed by atoms with van der Waals surface area (Å²) in [6, 6.07) is 16.3. The lowest BCUT2D eigenvalue weighted by Crippen LogP contribution is -2.16. The third kappa shape index (κ3) is 2.63. The minimum atomic E-state index is -0.992. The topological polar surface area (TPSA) is 70.2 Å². The van der Waals surface area contributed by atoms with Crippen molar-refractivity contribution in [2.24, 2.45) is 0 Å². The first-order valence-corrected chi connectivity index (χ1v) is 7.04. The highest BCUT2D eigenvalue weighted by Crippen LogP contribution is 2.29. The number of benzene rings is 2. The van der Waals surface area contributed by atoms with Gasteiger partial charge in [0.25, 0.3) is 0 Å². The van der Waals surface area contributed by atoms with Gasteiger partial charge in [-0.15, -0.1) is 0 Å². The number of ketones is 1. The number of nitrogens with one attached hydrogen (secondary N) is 1. The third-order valence-corrected chi connectivity index (χ3v) is 3.78. The van der Waals surface area contributed by atoms with Crippen molar-refractivity contribution in [3.05, 3.63) is 71.9 Å². The van der Waals surface area contributed by atoms with Crippen LogP contribution in [0.2, 0.25) is 0 Å². The maximum atomic E-state index is 12.3. The van der Waals surface area contributed by atoms with Gasteiger partial charge in [0, 0.05) is 29.1 Å². The molecule has 4 nitrogen and oxygen atoms in total. The largest absolute Gasteiger partial charge is 0.481 e. The Labute approximate surface area is 127 Å². The van der Waals surface area contributed by atoms with E-state index in [4.69, 9.17) is 0 Å². The quantitative estimate of drug-likeness (QED) is 0.706. The van der Waals surface area contributed by atoms with Crippen molar-refractivity contribution in [1.82, 2.24) is 4.98 Å². The van der Waals surface area contributed by atoms with Crippen LogP contribution in [0.4, 0.5) is 0 Å². The molecule has 0 aliphatic rings. The summed E-state index contributed by atoms with van der Waals surface area (Å²) >= 11 is 0. The maximum absolute atomic E-state index is 12.3. The zero-order valence-electron chi connectivity index (χ0n) is 11.8. The van der Waals surface area contributed by atoms with Crippen LogP contribution in [0.1, 0.15) is 28.3 Å². The zero-order valence-corrected chi connectivity index (χ0v) is 11.8. The molecule has 4 heteroatoms. The second-order valence-corrected chi connectivity index (χ2v) is 5.17. The molecule has 0 saturated heterocycles. The fourth-order valence-corrected chi connectivity index (χ4v) is 2.64. The summed E-state index contributed by atoms with van der Waals surface area (Å²) < 4.78 is 0. The molecule has 1 atom stereocenters. The Bertz CT molecular complexity index is 820. The van der Waals surface area contributed by atoms with Crippen LogP contribution in [-0.2, 0) is 4.79 Å². The first-order chi connectivity index (χ1) is 10.7. The lowest BCUT2D eigenvalue weighted by atomic mass is 9.91. The van der Waals surface area contributed by atoms with Gasteiger partial charge in [-0.3, -0.25) is 9.59 Å². The van der Waals surface area contributed by atoms with E-state index in [2.05, 4.69) is 4.98 Å². The molecule has 0 amide bonds. The number of para-hydroxylation sites is 1. The van der Waals surface area contributed by atoms with Gasteiger partial charge in [-0.25, -0.2) is 0 Å². The van der Waals surface area contributed by atoms with E-state index in [0.717, 1.165) is 10.9 Å². The van der Waals surface area contributed by atoms with Crippen molar-refractivity contribution in [3.8, 4) is 0 Å². The molecule has 0 radical (unpaired) electrons. The molecule has 3 aromatic rings. The summed E-state index contributed by atoms with van der Waals surface area (Å²) in [7, 11) is 0. The van der Waals surface area contributed by atoms with E-state index in [1.807, 2.05) is 30.3 Å². The monoisotopic (exact) mass is 293 g/mol. The minimum Gasteiger partial charge on any atom is -0.481 e. The number of carboxylic acids is 1. The Hall–Kier alpha value is -2.88. The van der Waals surface area contributed by atoms with Gasteiger partial charge in [0.05, 0.1) is 5.92 Å². The number of aromatic amines is 1. The molecular weight excluding hydrogens is 278 g/mol. The van der Waals surface area contributed by atoms with Crippen molar-refractivity contribution < 1.29 is 14.7 Å². The highest BCUT2D eigenvalue weighted by atomic mass is 16.4. The number of fused-ring (bicyclic) bond motifs is 1.